The maximum Gasteiger partial charge on any atom is 0.0720 e. The molecule has 0 atom stereocenters. The minimum atomic E-state index is -0.481. The summed E-state index contributed by atoms with van der Waals surface area (Å²) < 4.78 is 0. The van der Waals surface area contributed by atoms with Crippen molar-refractivity contribution in [2.24, 2.45) is 0 Å². The lowest BCUT2D eigenvalue weighted by Gasteiger charge is -2.46. The summed E-state index contributed by atoms with van der Waals surface area (Å²) in [7, 11) is 0. The fraction of sp³-hybridized carbons (Fsp3) is 0.115. The maximum atomic E-state index is 2.52. The highest BCUT2D eigenvalue weighted by Crippen LogP contribution is 2.63. The molecule has 0 saturated carbocycles. The van der Waals surface area contributed by atoms with E-state index in [1.807, 2.05) is 0 Å². The molecular weight excluding hydrogens is 747 g/mol. The lowest BCUT2D eigenvalue weighted by molar-refractivity contribution is 0.563. The van der Waals surface area contributed by atoms with E-state index in [1.165, 1.54) is 89.0 Å². The molecule has 0 unspecified atom stereocenters. The van der Waals surface area contributed by atoms with Crippen LogP contribution in [0.4, 0.5) is 17.1 Å². The van der Waals surface area contributed by atoms with Crippen molar-refractivity contribution >= 4 is 17.1 Å². The Morgan fingerprint density at radius 1 is 0.258 bits per heavy atom. The summed E-state index contributed by atoms with van der Waals surface area (Å²) in [5, 5.41) is 0. The van der Waals surface area contributed by atoms with Gasteiger partial charge in [-0.3, -0.25) is 0 Å². The van der Waals surface area contributed by atoms with Gasteiger partial charge in [-0.2, -0.15) is 0 Å². The monoisotopic (exact) mass is 793 g/mol. The SMILES string of the molecule is CC1(C)c2cc(-c3ccccc3)ccc2-c2ccc(N(c3ccc(-c4ccccc4)cc3)c3ccc4c(c3)C3(c5ccccc5-4)c4ccccc4C(C)(C)c4ccccc43)cc21. The van der Waals surface area contributed by atoms with Crippen molar-refractivity contribution in [3.05, 3.63) is 257 Å². The van der Waals surface area contributed by atoms with Crippen LogP contribution in [-0.4, -0.2) is 0 Å². The predicted molar refractivity (Wildman–Crippen MR) is 259 cm³/mol. The number of benzene rings is 9. The third kappa shape index (κ3) is 5.09. The van der Waals surface area contributed by atoms with Gasteiger partial charge in [0, 0.05) is 27.9 Å². The van der Waals surface area contributed by atoms with Gasteiger partial charge in [-0.1, -0.05) is 198 Å². The number of rotatable bonds is 5. The van der Waals surface area contributed by atoms with Crippen LogP contribution >= 0.6 is 0 Å². The van der Waals surface area contributed by atoms with Gasteiger partial charge in [0.2, 0.25) is 0 Å². The van der Waals surface area contributed by atoms with Gasteiger partial charge in [-0.15, -0.1) is 0 Å². The molecule has 0 aliphatic heterocycles. The molecule has 3 aliphatic rings. The average Bonchev–Trinajstić information content (AvgIpc) is 3.74. The van der Waals surface area contributed by atoms with Crippen molar-refractivity contribution < 1.29 is 0 Å². The molecule has 3 aliphatic carbocycles. The van der Waals surface area contributed by atoms with Gasteiger partial charge < -0.3 is 4.90 Å². The smallest absolute Gasteiger partial charge is 0.0720 e. The van der Waals surface area contributed by atoms with E-state index in [0.29, 0.717) is 0 Å². The normalized spacial score (nSPS) is 15.2. The van der Waals surface area contributed by atoms with Gasteiger partial charge in [-0.05, 0) is 131 Å². The largest absolute Gasteiger partial charge is 0.310 e. The minimum Gasteiger partial charge on any atom is -0.310 e. The molecule has 0 bridgehead atoms. The van der Waals surface area contributed by atoms with E-state index in [2.05, 4.69) is 245 Å². The van der Waals surface area contributed by atoms with Crippen molar-refractivity contribution in [3.63, 3.8) is 0 Å². The fourth-order valence-corrected chi connectivity index (χ4v) is 11.5. The van der Waals surface area contributed by atoms with E-state index >= 15 is 0 Å². The van der Waals surface area contributed by atoms with Gasteiger partial charge in [0.15, 0.2) is 0 Å². The Morgan fingerprint density at radius 3 is 1.23 bits per heavy atom. The van der Waals surface area contributed by atoms with E-state index in [9.17, 15) is 0 Å². The maximum absolute atomic E-state index is 2.52. The Morgan fingerprint density at radius 2 is 0.629 bits per heavy atom. The van der Waals surface area contributed by atoms with E-state index in [1.54, 1.807) is 0 Å². The first-order valence-electron chi connectivity index (χ1n) is 22.0. The van der Waals surface area contributed by atoms with E-state index in [4.69, 9.17) is 0 Å². The summed E-state index contributed by atoms with van der Waals surface area (Å²) >= 11 is 0. The Balaban J connectivity index is 1.08. The molecular formula is C61H47N. The number of nitrogens with zero attached hydrogens (tertiary/aromatic N) is 1. The van der Waals surface area contributed by atoms with Crippen molar-refractivity contribution in [1.82, 2.24) is 0 Å². The van der Waals surface area contributed by atoms with Crippen LogP contribution in [0, 0.1) is 0 Å². The second-order valence-corrected chi connectivity index (χ2v) is 18.5. The fourth-order valence-electron chi connectivity index (χ4n) is 11.5. The van der Waals surface area contributed by atoms with E-state index in [-0.39, 0.29) is 10.8 Å². The summed E-state index contributed by atoms with van der Waals surface area (Å²) in [5.41, 5.74) is 23.7. The summed E-state index contributed by atoms with van der Waals surface area (Å²) in [6.45, 7) is 9.58. The Hall–Kier alpha value is -7.22. The van der Waals surface area contributed by atoms with Crippen molar-refractivity contribution in [2.45, 2.75) is 43.9 Å². The topological polar surface area (TPSA) is 3.24 Å². The zero-order chi connectivity index (χ0) is 41.8. The quantitative estimate of drug-likeness (QED) is 0.168. The van der Waals surface area contributed by atoms with Crippen molar-refractivity contribution in [1.29, 1.82) is 0 Å². The zero-order valence-electron chi connectivity index (χ0n) is 35.7. The van der Waals surface area contributed by atoms with Crippen LogP contribution in [0.1, 0.15) is 72.2 Å². The third-order valence-electron chi connectivity index (χ3n) is 14.6. The molecule has 0 saturated heterocycles. The van der Waals surface area contributed by atoms with Crippen LogP contribution in [0.3, 0.4) is 0 Å². The average molecular weight is 794 g/mol. The van der Waals surface area contributed by atoms with Gasteiger partial charge >= 0.3 is 0 Å². The highest BCUT2D eigenvalue weighted by molar-refractivity contribution is 5.92. The first-order valence-corrected chi connectivity index (χ1v) is 22.0. The van der Waals surface area contributed by atoms with Crippen LogP contribution < -0.4 is 4.90 Å². The van der Waals surface area contributed by atoms with Crippen LogP contribution in [0.5, 0.6) is 0 Å². The summed E-state index contributed by atoms with van der Waals surface area (Å²) in [4.78, 5) is 2.49. The lowest BCUT2D eigenvalue weighted by atomic mass is 9.55. The Labute approximate surface area is 365 Å². The summed E-state index contributed by atoms with van der Waals surface area (Å²) in [5.74, 6) is 0. The Bertz CT molecular complexity index is 3170. The molecule has 0 aromatic heterocycles. The molecule has 62 heavy (non-hydrogen) atoms. The summed E-state index contributed by atoms with van der Waals surface area (Å²) in [6.07, 6.45) is 0. The third-order valence-corrected chi connectivity index (χ3v) is 14.6. The number of fused-ring (bicyclic) bond motifs is 12. The first-order chi connectivity index (χ1) is 30.3. The molecule has 9 aromatic carbocycles. The van der Waals surface area contributed by atoms with Crippen molar-refractivity contribution in [3.8, 4) is 44.5 Å². The number of hydrogen-bond donors (Lipinski definition) is 0. The molecule has 1 nitrogen and oxygen atoms in total. The second-order valence-electron chi connectivity index (χ2n) is 18.5. The molecule has 1 heteroatoms. The van der Waals surface area contributed by atoms with Gasteiger partial charge in [-0.25, -0.2) is 0 Å². The van der Waals surface area contributed by atoms with E-state index < -0.39 is 5.41 Å². The van der Waals surface area contributed by atoms with Crippen molar-refractivity contribution in [2.75, 3.05) is 4.90 Å². The molecule has 0 radical (unpaired) electrons. The van der Waals surface area contributed by atoms with E-state index in [0.717, 1.165) is 17.1 Å². The zero-order valence-corrected chi connectivity index (χ0v) is 35.7. The Kier molecular flexibility index (Phi) is 7.91. The lowest BCUT2D eigenvalue weighted by Crippen LogP contribution is -2.40. The first kappa shape index (κ1) is 36.6. The van der Waals surface area contributed by atoms with Gasteiger partial charge in [0.05, 0.1) is 5.41 Å². The molecule has 0 fully saturated rings. The second kappa shape index (κ2) is 13.4. The number of hydrogen-bond acceptors (Lipinski definition) is 1. The van der Waals surface area contributed by atoms with Crippen LogP contribution in [-0.2, 0) is 16.2 Å². The van der Waals surface area contributed by atoms with Gasteiger partial charge in [0.25, 0.3) is 0 Å². The standard InChI is InChI=1S/C61H47N/c1-59(2)52-23-13-15-25-54(52)61(55-26-16-14-24-53(55)59)51-22-12-11-21-47(51)50-36-33-46(39-58(50)61)62(44-30-27-42(28-31-44)40-17-7-5-8-18-40)45-32-35-49-48-34-29-43(41-19-9-6-10-20-41)37-56(48)60(3,4)57(49)38-45/h5-39H,1-4H3. The molecule has 0 N–H and O–H groups in total. The highest BCUT2D eigenvalue weighted by Gasteiger charge is 2.53. The van der Waals surface area contributed by atoms with Gasteiger partial charge in [0.1, 0.15) is 0 Å². The molecule has 1 spiro atoms. The van der Waals surface area contributed by atoms with Crippen LogP contribution in [0.15, 0.2) is 212 Å². The molecule has 0 amide bonds. The number of anilines is 3. The highest BCUT2D eigenvalue weighted by atomic mass is 15.1. The van der Waals surface area contributed by atoms with Crippen LogP contribution in [0.25, 0.3) is 44.5 Å². The minimum absolute atomic E-state index is 0.156. The molecule has 12 rings (SSSR count). The molecule has 296 valence electrons. The van der Waals surface area contributed by atoms with Crippen LogP contribution in [0.2, 0.25) is 0 Å². The predicted octanol–water partition coefficient (Wildman–Crippen LogP) is 15.8. The molecule has 9 aromatic rings. The molecule has 0 heterocycles. The summed E-state index contributed by atoms with van der Waals surface area (Å²) in [6, 6.07) is 79.7.